The Kier molecular flexibility index (Phi) is 8.97. The van der Waals surface area contributed by atoms with Crippen LogP contribution in [0.15, 0.2) is 48.5 Å². The van der Waals surface area contributed by atoms with Crippen molar-refractivity contribution in [3.05, 3.63) is 54.1 Å². The molecule has 3 heteroatoms. The summed E-state index contributed by atoms with van der Waals surface area (Å²) in [6.07, 6.45) is 2.09. The van der Waals surface area contributed by atoms with Crippen molar-refractivity contribution in [2.24, 2.45) is 0 Å². The maximum Gasteiger partial charge on any atom is 0.0158 e. The van der Waals surface area contributed by atoms with E-state index in [-0.39, 0.29) is 22.4 Å². The van der Waals surface area contributed by atoms with Gasteiger partial charge in [0.05, 0.1) is 0 Å². The van der Waals surface area contributed by atoms with E-state index < -0.39 is 0 Å². The molecule has 2 aromatic rings. The van der Waals surface area contributed by atoms with E-state index in [1.54, 1.807) is 0 Å². The summed E-state index contributed by atoms with van der Waals surface area (Å²) in [4.78, 5) is 0. The van der Waals surface area contributed by atoms with Crippen LogP contribution in [0.25, 0.3) is 0 Å². The van der Waals surface area contributed by atoms with Gasteiger partial charge in [-0.2, -0.15) is 12.1 Å². The fraction of sp³-hybridized carbons (Fsp3) is 0.286. The minimum absolute atomic E-state index is 0. The minimum Gasteiger partial charge on any atom is -0.748 e. The van der Waals surface area contributed by atoms with Crippen LogP contribution in [-0.4, -0.2) is 0 Å². The van der Waals surface area contributed by atoms with Gasteiger partial charge >= 0.3 is 0 Å². The monoisotopic (exact) mass is 291 g/mol. The van der Waals surface area contributed by atoms with Crippen LogP contribution in [0.4, 0.5) is 5.69 Å². The second kappa shape index (κ2) is 9.35. The number of anilines is 1. The number of nitrogen functional groups attached to an aromatic ring is 1. The summed E-state index contributed by atoms with van der Waals surface area (Å²) in [7, 11) is 0. The van der Waals surface area contributed by atoms with Crippen molar-refractivity contribution < 1.29 is 17.1 Å². The molecule has 0 radical (unpaired) electrons. The zero-order valence-corrected chi connectivity index (χ0v) is 11.8. The molecular formula is C14H18ClFeN-6. The molecule has 0 fully saturated rings. The van der Waals surface area contributed by atoms with Gasteiger partial charge in [-0.15, -0.1) is 17.2 Å². The average molecular weight is 292 g/mol. The van der Waals surface area contributed by atoms with Gasteiger partial charge in [0.15, 0.2) is 0 Å². The quantitative estimate of drug-likeness (QED) is 0.504. The molecule has 0 aliphatic carbocycles. The maximum atomic E-state index is 6.07. The van der Waals surface area contributed by atoms with Crippen molar-refractivity contribution in [3.8, 4) is 0 Å². The summed E-state index contributed by atoms with van der Waals surface area (Å²) >= 11 is 6.07. The van der Waals surface area contributed by atoms with E-state index in [1.807, 2.05) is 48.5 Å². The van der Waals surface area contributed by atoms with Crippen LogP contribution in [0.3, 0.4) is 0 Å². The van der Waals surface area contributed by atoms with Gasteiger partial charge in [0.25, 0.3) is 0 Å². The van der Waals surface area contributed by atoms with Crippen LogP contribution in [0.1, 0.15) is 30.7 Å². The first-order valence-electron chi connectivity index (χ1n) is 5.57. The predicted octanol–water partition coefficient (Wildman–Crippen LogP) is 4.47. The fourth-order valence-corrected chi connectivity index (χ4v) is 1.88. The van der Waals surface area contributed by atoms with E-state index in [1.165, 1.54) is 0 Å². The third-order valence-corrected chi connectivity index (χ3v) is 2.77. The Bertz CT molecular complexity index is 350. The van der Waals surface area contributed by atoms with Crippen molar-refractivity contribution in [2.75, 3.05) is 5.73 Å². The predicted molar refractivity (Wildman–Crippen MR) is 72.0 cm³/mol. The minimum atomic E-state index is 0. The first kappa shape index (κ1) is 16.3. The number of hydrogen-bond acceptors (Lipinski definition) is 1. The largest absolute Gasteiger partial charge is 0.748 e. The van der Waals surface area contributed by atoms with Crippen molar-refractivity contribution in [3.63, 3.8) is 0 Å². The van der Waals surface area contributed by atoms with Crippen LogP contribution in [0, 0.1) is 0 Å². The van der Waals surface area contributed by atoms with Crippen LogP contribution in [-0.2, 0) is 17.1 Å². The first-order valence-corrected chi connectivity index (χ1v) is 6.01. The van der Waals surface area contributed by atoms with Crippen molar-refractivity contribution >= 4 is 17.3 Å². The van der Waals surface area contributed by atoms with Crippen LogP contribution in [0.5, 0.6) is 0 Å². The summed E-state index contributed by atoms with van der Waals surface area (Å²) in [6, 6.07) is 15.8. The molecule has 1 unspecified atom stereocenters. The molecule has 1 atom stereocenters. The molecule has 0 aliphatic rings. The Morgan fingerprint density at radius 2 is 1.82 bits per heavy atom. The van der Waals surface area contributed by atoms with Crippen LogP contribution in [0.2, 0.25) is 0 Å². The Morgan fingerprint density at radius 3 is 2.18 bits per heavy atom. The number of rotatable bonds is 3. The molecule has 1 nitrogen and oxygen atoms in total. The second-order valence-electron chi connectivity index (χ2n) is 3.65. The van der Waals surface area contributed by atoms with Gasteiger partial charge in [0, 0.05) is 22.4 Å². The van der Waals surface area contributed by atoms with Gasteiger partial charge in [-0.05, 0) is 6.42 Å². The van der Waals surface area contributed by atoms with Gasteiger partial charge < -0.3 is 36.1 Å². The molecule has 0 saturated heterocycles. The first-order chi connectivity index (χ1) is 7.75. The molecular weight excluding hydrogens is 273 g/mol. The van der Waals surface area contributed by atoms with Gasteiger partial charge in [-0.3, -0.25) is 0 Å². The van der Waals surface area contributed by atoms with Crippen molar-refractivity contribution in [1.29, 1.82) is 0 Å². The topological polar surface area (TPSA) is 26.0 Å². The average Bonchev–Trinajstić information content (AvgIpc) is 2.90. The molecule has 0 amide bonds. The Morgan fingerprint density at radius 1 is 1.29 bits per heavy atom. The van der Waals surface area contributed by atoms with E-state index in [0.717, 1.165) is 24.1 Å². The molecule has 2 N–H and O–H groups in total. The molecule has 0 aliphatic heterocycles. The fourth-order valence-electron chi connectivity index (χ4n) is 1.46. The molecule has 0 heterocycles. The number of hydrogen-bond donors (Lipinski definition) is 1. The number of alkyl halides is 1. The van der Waals surface area contributed by atoms with Crippen LogP contribution < -0.4 is 5.73 Å². The molecule has 100 valence electrons. The van der Waals surface area contributed by atoms with E-state index in [0.29, 0.717) is 0 Å². The van der Waals surface area contributed by atoms with E-state index in [2.05, 4.69) is 6.92 Å². The normalized spacial score (nSPS) is 10.9. The number of nitrogens with two attached hydrogens (primary N) is 1. The standard InChI is InChI=1S/C9H13ClN.C5H5.Fe/c1-2-4-8(10)7-5-3-6-9(7)11;1-2-4-5-3-1;/h3,5-6,8H,2,4,11H2,1H3;1-5H;/q-1;-5;. The smallest absolute Gasteiger partial charge is 0.0158 e. The van der Waals surface area contributed by atoms with Crippen molar-refractivity contribution in [2.45, 2.75) is 25.1 Å². The Labute approximate surface area is 119 Å². The summed E-state index contributed by atoms with van der Waals surface area (Å²) in [6.45, 7) is 2.12. The summed E-state index contributed by atoms with van der Waals surface area (Å²) in [5.41, 5.74) is 7.58. The summed E-state index contributed by atoms with van der Waals surface area (Å²) in [5.74, 6) is 0. The van der Waals surface area contributed by atoms with Gasteiger partial charge in [0.2, 0.25) is 0 Å². The number of halogens is 1. The Balaban J connectivity index is 0.000000360. The zero-order valence-electron chi connectivity index (χ0n) is 9.92. The summed E-state index contributed by atoms with van der Waals surface area (Å²) in [5, 5.41) is 0.0926. The van der Waals surface area contributed by atoms with E-state index in [9.17, 15) is 0 Å². The molecule has 0 bridgehead atoms. The van der Waals surface area contributed by atoms with Gasteiger partial charge in [-0.1, -0.05) is 19.0 Å². The SMILES string of the molecule is CCCC(Cl)[c-]1cccc1N.[Fe].[cH-]1[cH-][cH-][cH-][cH-]1. The zero-order chi connectivity index (χ0) is 11.8. The second-order valence-corrected chi connectivity index (χ2v) is 4.18. The maximum absolute atomic E-state index is 6.07. The molecule has 2 aromatic carbocycles. The van der Waals surface area contributed by atoms with E-state index >= 15 is 0 Å². The molecule has 0 aromatic heterocycles. The van der Waals surface area contributed by atoms with Crippen LogP contribution >= 0.6 is 11.6 Å². The molecule has 2 rings (SSSR count). The molecule has 0 spiro atoms. The summed E-state index contributed by atoms with van der Waals surface area (Å²) < 4.78 is 0. The third kappa shape index (κ3) is 5.97. The molecule has 17 heavy (non-hydrogen) atoms. The Hall–Kier alpha value is -0.691. The third-order valence-electron chi connectivity index (χ3n) is 2.32. The molecule has 0 saturated carbocycles. The van der Waals surface area contributed by atoms with Gasteiger partial charge in [-0.25, -0.2) is 6.07 Å². The van der Waals surface area contributed by atoms with E-state index in [4.69, 9.17) is 17.3 Å². The van der Waals surface area contributed by atoms with Gasteiger partial charge in [0.1, 0.15) is 0 Å². The van der Waals surface area contributed by atoms with Crippen molar-refractivity contribution in [1.82, 2.24) is 0 Å².